The fourth-order valence-corrected chi connectivity index (χ4v) is 1.29. The van der Waals surface area contributed by atoms with E-state index in [-0.39, 0.29) is 5.91 Å². The van der Waals surface area contributed by atoms with Crippen LogP contribution in [-0.2, 0) is 4.74 Å². The SMILES string of the molecule is CCOC(=O)Nc1cccc(C(=O)NN(C)C)c1. The first-order chi connectivity index (χ1) is 8.52. The van der Waals surface area contributed by atoms with E-state index in [2.05, 4.69) is 10.7 Å². The Balaban J connectivity index is 2.73. The Labute approximate surface area is 106 Å². The van der Waals surface area contributed by atoms with E-state index in [0.717, 1.165) is 0 Å². The molecule has 2 N–H and O–H groups in total. The van der Waals surface area contributed by atoms with Gasteiger partial charge in [0, 0.05) is 25.3 Å². The van der Waals surface area contributed by atoms with Crippen molar-refractivity contribution in [3.8, 4) is 0 Å². The van der Waals surface area contributed by atoms with E-state index < -0.39 is 6.09 Å². The topological polar surface area (TPSA) is 70.7 Å². The second-order valence-electron chi connectivity index (χ2n) is 3.76. The molecular weight excluding hydrogens is 234 g/mol. The summed E-state index contributed by atoms with van der Waals surface area (Å²) in [4.78, 5) is 23.0. The number of carbonyl (C=O) groups is 2. The van der Waals surface area contributed by atoms with Gasteiger partial charge in [0.1, 0.15) is 0 Å². The molecule has 0 radical (unpaired) electrons. The molecule has 0 aromatic heterocycles. The molecule has 18 heavy (non-hydrogen) atoms. The number of nitrogens with zero attached hydrogens (tertiary/aromatic N) is 1. The summed E-state index contributed by atoms with van der Waals surface area (Å²) < 4.78 is 4.75. The molecule has 0 fully saturated rings. The van der Waals surface area contributed by atoms with Gasteiger partial charge in [-0.05, 0) is 25.1 Å². The van der Waals surface area contributed by atoms with Crippen molar-refractivity contribution in [2.24, 2.45) is 0 Å². The van der Waals surface area contributed by atoms with Crippen molar-refractivity contribution in [3.63, 3.8) is 0 Å². The van der Waals surface area contributed by atoms with Gasteiger partial charge in [-0.25, -0.2) is 9.80 Å². The van der Waals surface area contributed by atoms with Gasteiger partial charge in [-0.3, -0.25) is 15.5 Å². The molecule has 1 aromatic carbocycles. The zero-order chi connectivity index (χ0) is 13.5. The van der Waals surface area contributed by atoms with Crippen LogP contribution in [0.15, 0.2) is 24.3 Å². The maximum absolute atomic E-state index is 11.7. The normalized spacial score (nSPS) is 10.0. The number of nitrogens with one attached hydrogen (secondary N) is 2. The van der Waals surface area contributed by atoms with Crippen molar-refractivity contribution >= 4 is 17.7 Å². The van der Waals surface area contributed by atoms with Crippen molar-refractivity contribution in [3.05, 3.63) is 29.8 Å². The van der Waals surface area contributed by atoms with Gasteiger partial charge < -0.3 is 4.74 Å². The van der Waals surface area contributed by atoms with Crippen molar-refractivity contribution in [2.75, 3.05) is 26.0 Å². The third-order valence-electron chi connectivity index (χ3n) is 1.97. The molecule has 0 aliphatic carbocycles. The third-order valence-corrected chi connectivity index (χ3v) is 1.97. The van der Waals surface area contributed by atoms with Gasteiger partial charge in [0.05, 0.1) is 6.61 Å². The van der Waals surface area contributed by atoms with Crippen LogP contribution in [0.2, 0.25) is 0 Å². The number of amides is 2. The number of hydrazine groups is 1. The first kappa shape index (κ1) is 14.0. The Bertz CT molecular complexity index is 432. The van der Waals surface area contributed by atoms with Gasteiger partial charge in [-0.2, -0.15) is 0 Å². The number of rotatable bonds is 4. The molecule has 1 aromatic rings. The predicted octanol–water partition coefficient (Wildman–Crippen LogP) is 1.46. The van der Waals surface area contributed by atoms with Gasteiger partial charge in [-0.15, -0.1) is 0 Å². The summed E-state index contributed by atoms with van der Waals surface area (Å²) in [5, 5.41) is 4.09. The summed E-state index contributed by atoms with van der Waals surface area (Å²) in [5.74, 6) is -0.243. The van der Waals surface area contributed by atoms with Crippen molar-refractivity contribution in [1.29, 1.82) is 0 Å². The van der Waals surface area contributed by atoms with Crippen LogP contribution in [0.25, 0.3) is 0 Å². The average molecular weight is 251 g/mol. The lowest BCUT2D eigenvalue weighted by Gasteiger charge is -2.12. The molecule has 0 saturated carbocycles. The van der Waals surface area contributed by atoms with Crippen LogP contribution >= 0.6 is 0 Å². The summed E-state index contributed by atoms with van der Waals surface area (Å²) >= 11 is 0. The van der Waals surface area contributed by atoms with Crippen molar-refractivity contribution < 1.29 is 14.3 Å². The van der Waals surface area contributed by atoms with E-state index in [0.29, 0.717) is 17.9 Å². The largest absolute Gasteiger partial charge is 0.450 e. The molecule has 0 saturated heterocycles. The number of carbonyl (C=O) groups excluding carboxylic acids is 2. The van der Waals surface area contributed by atoms with Gasteiger partial charge >= 0.3 is 6.09 Å². The quantitative estimate of drug-likeness (QED) is 0.795. The van der Waals surface area contributed by atoms with E-state index in [1.807, 2.05) is 0 Å². The van der Waals surface area contributed by atoms with Crippen LogP contribution in [0.1, 0.15) is 17.3 Å². The smallest absolute Gasteiger partial charge is 0.411 e. The summed E-state index contributed by atoms with van der Waals surface area (Å²) in [6, 6.07) is 6.61. The molecule has 6 heteroatoms. The molecule has 0 atom stereocenters. The molecule has 1 rings (SSSR count). The lowest BCUT2D eigenvalue weighted by Crippen LogP contribution is -2.36. The Hall–Kier alpha value is -2.08. The van der Waals surface area contributed by atoms with Crippen molar-refractivity contribution in [1.82, 2.24) is 10.4 Å². The third kappa shape index (κ3) is 4.42. The Morgan fingerprint density at radius 2 is 2.06 bits per heavy atom. The number of ether oxygens (including phenoxy) is 1. The van der Waals surface area contributed by atoms with E-state index in [1.54, 1.807) is 50.3 Å². The first-order valence-corrected chi connectivity index (χ1v) is 5.55. The van der Waals surface area contributed by atoms with Crippen molar-refractivity contribution in [2.45, 2.75) is 6.92 Å². The molecule has 0 bridgehead atoms. The standard InChI is InChI=1S/C12H17N3O3/c1-4-18-12(17)13-10-7-5-6-9(8-10)11(16)14-15(2)3/h5-8H,4H2,1-3H3,(H,13,17)(H,14,16). The van der Waals surface area contributed by atoms with Crippen LogP contribution in [0.3, 0.4) is 0 Å². The summed E-state index contributed by atoms with van der Waals surface area (Å²) in [7, 11) is 3.44. The zero-order valence-electron chi connectivity index (χ0n) is 10.7. The molecule has 2 amide bonds. The highest BCUT2D eigenvalue weighted by Gasteiger charge is 2.08. The minimum Gasteiger partial charge on any atom is -0.450 e. The first-order valence-electron chi connectivity index (χ1n) is 5.55. The van der Waals surface area contributed by atoms with Gasteiger partial charge in [0.25, 0.3) is 5.91 Å². The fourth-order valence-electron chi connectivity index (χ4n) is 1.29. The zero-order valence-corrected chi connectivity index (χ0v) is 10.7. The van der Waals surface area contributed by atoms with Crippen LogP contribution in [-0.4, -0.2) is 37.7 Å². The summed E-state index contributed by atoms with van der Waals surface area (Å²) in [6.45, 7) is 2.02. The average Bonchev–Trinajstić information content (AvgIpc) is 2.28. The molecule has 0 aliphatic heterocycles. The number of anilines is 1. The summed E-state index contributed by atoms with van der Waals surface area (Å²) in [5.41, 5.74) is 3.59. The lowest BCUT2D eigenvalue weighted by atomic mass is 10.2. The fraction of sp³-hybridized carbons (Fsp3) is 0.333. The van der Waals surface area contributed by atoms with E-state index in [9.17, 15) is 9.59 Å². The molecule has 0 unspecified atom stereocenters. The Morgan fingerprint density at radius 1 is 1.33 bits per heavy atom. The number of hydrogen-bond acceptors (Lipinski definition) is 4. The van der Waals surface area contributed by atoms with Gasteiger partial charge in [0.2, 0.25) is 0 Å². The second-order valence-corrected chi connectivity index (χ2v) is 3.76. The highest BCUT2D eigenvalue weighted by molar-refractivity contribution is 5.95. The van der Waals surface area contributed by atoms with Crippen LogP contribution in [0, 0.1) is 0 Å². The summed E-state index contributed by atoms with van der Waals surface area (Å²) in [6.07, 6.45) is -0.539. The van der Waals surface area contributed by atoms with Crippen LogP contribution in [0.4, 0.5) is 10.5 Å². The lowest BCUT2D eigenvalue weighted by molar-refractivity contribution is 0.0857. The molecule has 0 spiro atoms. The maximum atomic E-state index is 11.7. The number of benzene rings is 1. The monoisotopic (exact) mass is 251 g/mol. The molecule has 0 heterocycles. The van der Waals surface area contributed by atoms with E-state index in [4.69, 9.17) is 4.74 Å². The van der Waals surface area contributed by atoms with Gasteiger partial charge in [0.15, 0.2) is 0 Å². The molecule has 0 aliphatic rings. The Morgan fingerprint density at radius 3 is 2.67 bits per heavy atom. The van der Waals surface area contributed by atoms with E-state index in [1.165, 1.54) is 0 Å². The number of hydrogen-bond donors (Lipinski definition) is 2. The molecule has 6 nitrogen and oxygen atoms in total. The van der Waals surface area contributed by atoms with Crippen LogP contribution in [0.5, 0.6) is 0 Å². The molecule has 98 valence electrons. The second kappa shape index (κ2) is 6.61. The predicted molar refractivity (Wildman–Crippen MR) is 68.2 cm³/mol. The van der Waals surface area contributed by atoms with Crippen LogP contribution < -0.4 is 10.7 Å². The van der Waals surface area contributed by atoms with Gasteiger partial charge in [-0.1, -0.05) is 6.07 Å². The molecular formula is C12H17N3O3. The maximum Gasteiger partial charge on any atom is 0.411 e. The highest BCUT2D eigenvalue weighted by atomic mass is 16.5. The minimum atomic E-state index is -0.539. The highest BCUT2D eigenvalue weighted by Crippen LogP contribution is 2.11. The minimum absolute atomic E-state index is 0.243. The Kier molecular flexibility index (Phi) is 5.13. The van der Waals surface area contributed by atoms with E-state index >= 15 is 0 Å².